The van der Waals surface area contributed by atoms with Crippen LogP contribution in [0.15, 0.2) is 24.3 Å². The molecule has 2 rings (SSSR count). The normalized spacial score (nSPS) is 16.4. The molecule has 7 heteroatoms. The van der Waals surface area contributed by atoms with E-state index in [9.17, 15) is 14.4 Å². The van der Waals surface area contributed by atoms with Gasteiger partial charge < -0.3 is 20.5 Å². The van der Waals surface area contributed by atoms with Crippen molar-refractivity contribution in [1.82, 2.24) is 5.32 Å². The van der Waals surface area contributed by atoms with E-state index in [-0.39, 0.29) is 24.3 Å². The Morgan fingerprint density at radius 2 is 2.00 bits per heavy atom. The monoisotopic (exact) mass is 348 g/mol. The van der Waals surface area contributed by atoms with E-state index in [1.165, 1.54) is 0 Å². The molecule has 1 atom stereocenters. The van der Waals surface area contributed by atoms with Crippen LogP contribution in [-0.2, 0) is 25.7 Å². The molecule has 0 aliphatic carbocycles. The van der Waals surface area contributed by atoms with Crippen LogP contribution in [0.4, 0.5) is 5.69 Å². The van der Waals surface area contributed by atoms with E-state index in [0.29, 0.717) is 38.1 Å². The van der Waals surface area contributed by atoms with E-state index >= 15 is 0 Å². The minimum absolute atomic E-state index is 0.0831. The van der Waals surface area contributed by atoms with Crippen molar-refractivity contribution in [3.05, 3.63) is 29.8 Å². The Labute approximate surface area is 146 Å². The van der Waals surface area contributed by atoms with Gasteiger partial charge >= 0.3 is 5.97 Å². The first-order chi connectivity index (χ1) is 12.0. The van der Waals surface area contributed by atoms with Gasteiger partial charge in [-0.15, -0.1) is 0 Å². The molecule has 0 bridgehead atoms. The number of hydrogen-bond acceptors (Lipinski definition) is 4. The summed E-state index contributed by atoms with van der Waals surface area (Å²) < 4.78 is 5.35. The number of carbonyl (C=O) groups excluding carboxylic acids is 2. The average Bonchev–Trinajstić information content (AvgIpc) is 3.12. The van der Waals surface area contributed by atoms with Gasteiger partial charge in [0, 0.05) is 31.7 Å². The number of hydrogen-bond donors (Lipinski definition) is 3. The van der Waals surface area contributed by atoms with Crippen molar-refractivity contribution in [2.24, 2.45) is 0 Å². The van der Waals surface area contributed by atoms with Crippen molar-refractivity contribution in [1.29, 1.82) is 0 Å². The van der Waals surface area contributed by atoms with Gasteiger partial charge in [0.15, 0.2) is 0 Å². The number of aliphatic carboxylic acids is 1. The number of anilines is 1. The molecule has 136 valence electrons. The molecule has 1 aromatic rings. The van der Waals surface area contributed by atoms with E-state index in [0.717, 1.165) is 18.4 Å². The van der Waals surface area contributed by atoms with Crippen molar-refractivity contribution in [3.63, 3.8) is 0 Å². The number of amides is 2. The van der Waals surface area contributed by atoms with Gasteiger partial charge in [-0.25, -0.2) is 0 Å². The fourth-order valence-corrected chi connectivity index (χ4v) is 2.62. The number of benzene rings is 1. The number of nitrogens with one attached hydrogen (secondary N) is 2. The summed E-state index contributed by atoms with van der Waals surface area (Å²) in [6, 6.07) is 7.30. The van der Waals surface area contributed by atoms with Gasteiger partial charge in [-0.05, 0) is 43.4 Å². The molecule has 1 aliphatic rings. The molecule has 25 heavy (non-hydrogen) atoms. The maximum atomic E-state index is 12.0. The standard InChI is InChI=1S/C18H24N2O5/c21-16(8-1-2-9-17(22)23)19-12-13-5-3-6-14(11-13)20-18(24)15-7-4-10-25-15/h3,5-6,11,15H,1-2,4,7-10,12H2,(H,19,21)(H,20,24)(H,22,23). The zero-order chi connectivity index (χ0) is 18.1. The van der Waals surface area contributed by atoms with Crippen LogP contribution in [0.5, 0.6) is 0 Å². The Morgan fingerprint density at radius 1 is 1.20 bits per heavy atom. The molecule has 1 heterocycles. The lowest BCUT2D eigenvalue weighted by Crippen LogP contribution is -2.27. The molecular weight excluding hydrogens is 324 g/mol. The van der Waals surface area contributed by atoms with Crippen LogP contribution in [0.2, 0.25) is 0 Å². The summed E-state index contributed by atoms with van der Waals surface area (Å²) in [4.78, 5) is 34.2. The topological polar surface area (TPSA) is 105 Å². The molecule has 0 radical (unpaired) electrons. The van der Waals surface area contributed by atoms with Crippen LogP contribution in [0.25, 0.3) is 0 Å². The Bertz CT molecular complexity index is 611. The molecule has 1 aliphatic heterocycles. The van der Waals surface area contributed by atoms with Crippen molar-refractivity contribution in [3.8, 4) is 0 Å². The summed E-state index contributed by atoms with van der Waals surface area (Å²) in [5, 5.41) is 14.2. The van der Waals surface area contributed by atoms with E-state index in [1.54, 1.807) is 6.07 Å². The molecule has 3 N–H and O–H groups in total. The lowest BCUT2D eigenvalue weighted by molar-refractivity contribution is -0.137. The summed E-state index contributed by atoms with van der Waals surface area (Å²) >= 11 is 0. The first kappa shape index (κ1) is 18.9. The minimum Gasteiger partial charge on any atom is -0.481 e. The van der Waals surface area contributed by atoms with Crippen LogP contribution < -0.4 is 10.6 Å². The highest BCUT2D eigenvalue weighted by Gasteiger charge is 2.23. The van der Waals surface area contributed by atoms with Crippen LogP contribution in [0, 0.1) is 0 Å². The smallest absolute Gasteiger partial charge is 0.303 e. The highest BCUT2D eigenvalue weighted by molar-refractivity contribution is 5.94. The van der Waals surface area contributed by atoms with Crippen molar-refractivity contribution < 1.29 is 24.2 Å². The van der Waals surface area contributed by atoms with Crippen LogP contribution >= 0.6 is 0 Å². The number of carboxylic acid groups (broad SMARTS) is 1. The lowest BCUT2D eigenvalue weighted by atomic mass is 10.1. The SMILES string of the molecule is O=C(O)CCCCC(=O)NCc1cccc(NC(=O)C2CCCO2)c1. The van der Waals surface area contributed by atoms with Gasteiger partial charge in [0.1, 0.15) is 6.10 Å². The average molecular weight is 348 g/mol. The predicted molar refractivity (Wildman–Crippen MR) is 92.0 cm³/mol. The van der Waals surface area contributed by atoms with Crippen LogP contribution in [0.1, 0.15) is 44.1 Å². The maximum absolute atomic E-state index is 12.0. The van der Waals surface area contributed by atoms with Gasteiger partial charge in [-0.3, -0.25) is 14.4 Å². The summed E-state index contributed by atoms with van der Waals surface area (Å²) in [7, 11) is 0. The molecule has 1 fully saturated rings. The van der Waals surface area contributed by atoms with Crippen molar-refractivity contribution >= 4 is 23.5 Å². The third-order valence-corrected chi connectivity index (χ3v) is 3.95. The third-order valence-electron chi connectivity index (χ3n) is 3.95. The molecule has 1 aromatic carbocycles. The second-order valence-electron chi connectivity index (χ2n) is 6.07. The summed E-state index contributed by atoms with van der Waals surface area (Å²) in [6.07, 6.45) is 2.69. The first-order valence-electron chi connectivity index (χ1n) is 8.54. The van der Waals surface area contributed by atoms with Gasteiger partial charge in [-0.2, -0.15) is 0 Å². The minimum atomic E-state index is -0.845. The largest absolute Gasteiger partial charge is 0.481 e. The Hall–Kier alpha value is -2.41. The highest BCUT2D eigenvalue weighted by Crippen LogP contribution is 2.16. The zero-order valence-electron chi connectivity index (χ0n) is 14.1. The van der Waals surface area contributed by atoms with E-state index in [2.05, 4.69) is 10.6 Å². The number of unbranched alkanes of at least 4 members (excludes halogenated alkanes) is 1. The number of carboxylic acids is 1. The van der Waals surface area contributed by atoms with E-state index in [1.807, 2.05) is 18.2 Å². The molecule has 0 saturated carbocycles. The number of rotatable bonds is 9. The van der Waals surface area contributed by atoms with Gasteiger partial charge in [-0.1, -0.05) is 12.1 Å². The zero-order valence-corrected chi connectivity index (χ0v) is 14.1. The Morgan fingerprint density at radius 3 is 2.72 bits per heavy atom. The third kappa shape index (κ3) is 6.93. The first-order valence-corrected chi connectivity index (χ1v) is 8.54. The fraction of sp³-hybridized carbons (Fsp3) is 0.500. The predicted octanol–water partition coefficient (Wildman–Crippen LogP) is 2.07. The summed E-state index contributed by atoms with van der Waals surface area (Å²) in [5.74, 6) is -1.10. The maximum Gasteiger partial charge on any atom is 0.303 e. The Balaban J connectivity index is 1.74. The second-order valence-corrected chi connectivity index (χ2v) is 6.07. The van der Waals surface area contributed by atoms with Gasteiger partial charge in [0.05, 0.1) is 0 Å². The molecular formula is C18H24N2O5. The molecule has 0 spiro atoms. The van der Waals surface area contributed by atoms with E-state index < -0.39 is 5.97 Å². The molecule has 2 amide bonds. The lowest BCUT2D eigenvalue weighted by Gasteiger charge is -2.12. The Kier molecular flexibility index (Phi) is 7.40. The van der Waals surface area contributed by atoms with Crippen molar-refractivity contribution in [2.45, 2.75) is 51.2 Å². The quantitative estimate of drug-likeness (QED) is 0.593. The molecule has 0 aromatic heterocycles. The number of ether oxygens (including phenoxy) is 1. The highest BCUT2D eigenvalue weighted by atomic mass is 16.5. The fourth-order valence-electron chi connectivity index (χ4n) is 2.62. The number of carbonyl (C=O) groups is 3. The van der Waals surface area contributed by atoms with Gasteiger partial charge in [0.25, 0.3) is 5.91 Å². The molecule has 1 unspecified atom stereocenters. The van der Waals surface area contributed by atoms with Crippen LogP contribution in [0.3, 0.4) is 0 Å². The summed E-state index contributed by atoms with van der Waals surface area (Å²) in [6.45, 7) is 0.984. The van der Waals surface area contributed by atoms with Crippen LogP contribution in [-0.4, -0.2) is 35.6 Å². The van der Waals surface area contributed by atoms with Crippen molar-refractivity contribution in [2.75, 3.05) is 11.9 Å². The molecule has 1 saturated heterocycles. The second kappa shape index (κ2) is 9.78. The summed E-state index contributed by atoms with van der Waals surface area (Å²) in [5.41, 5.74) is 1.55. The van der Waals surface area contributed by atoms with Gasteiger partial charge in [0.2, 0.25) is 5.91 Å². The molecule has 7 nitrogen and oxygen atoms in total. The van der Waals surface area contributed by atoms with E-state index in [4.69, 9.17) is 9.84 Å².